The van der Waals surface area contributed by atoms with Crippen LogP contribution < -0.4 is 5.48 Å². The third-order valence-corrected chi connectivity index (χ3v) is 2.27. The zero-order valence-electron chi connectivity index (χ0n) is 9.68. The molecule has 2 aromatic rings. The minimum Gasteiger partial charge on any atom is -0.499 e. The molecule has 2 rings (SSSR count). The standard InChI is InChI=1S/C12H13N3O3/c1-2-17-5-6-18-15-12(16)9-3-4-10-11(7-9)14-8-13-10/h2-4,7-8H,1,5-6H2,(H,13,14)(H,15,16). The summed E-state index contributed by atoms with van der Waals surface area (Å²) in [5.74, 6) is -0.315. The number of fused-ring (bicyclic) bond motifs is 1. The third kappa shape index (κ3) is 2.86. The Balaban J connectivity index is 1.89. The van der Waals surface area contributed by atoms with Crippen LogP contribution in [0.3, 0.4) is 0 Å². The van der Waals surface area contributed by atoms with E-state index in [1.165, 1.54) is 6.26 Å². The molecule has 0 spiro atoms. The lowest BCUT2D eigenvalue weighted by Crippen LogP contribution is -2.25. The summed E-state index contributed by atoms with van der Waals surface area (Å²) in [5.41, 5.74) is 4.44. The number of H-pyrrole nitrogens is 1. The molecule has 18 heavy (non-hydrogen) atoms. The molecule has 6 heteroatoms. The van der Waals surface area contributed by atoms with E-state index < -0.39 is 0 Å². The second-order valence-electron chi connectivity index (χ2n) is 3.45. The first kappa shape index (κ1) is 12.1. The fraction of sp³-hybridized carbons (Fsp3) is 0.167. The summed E-state index contributed by atoms with van der Waals surface area (Å²) in [6, 6.07) is 5.16. The molecule has 0 bridgehead atoms. The maximum atomic E-state index is 11.7. The highest BCUT2D eigenvalue weighted by Gasteiger charge is 2.06. The van der Waals surface area contributed by atoms with Gasteiger partial charge < -0.3 is 9.72 Å². The van der Waals surface area contributed by atoms with E-state index in [1.807, 2.05) is 0 Å². The van der Waals surface area contributed by atoms with Crippen LogP contribution in [0.2, 0.25) is 0 Å². The first-order chi connectivity index (χ1) is 8.81. The molecule has 1 aromatic carbocycles. The maximum absolute atomic E-state index is 11.7. The van der Waals surface area contributed by atoms with Gasteiger partial charge in [0.1, 0.15) is 13.2 Å². The van der Waals surface area contributed by atoms with Gasteiger partial charge in [-0.1, -0.05) is 6.58 Å². The van der Waals surface area contributed by atoms with Gasteiger partial charge in [-0.15, -0.1) is 0 Å². The van der Waals surface area contributed by atoms with E-state index in [4.69, 9.17) is 9.57 Å². The van der Waals surface area contributed by atoms with Gasteiger partial charge in [-0.2, -0.15) is 0 Å². The number of hydrogen-bond donors (Lipinski definition) is 2. The number of nitrogens with one attached hydrogen (secondary N) is 2. The number of nitrogens with zero attached hydrogens (tertiary/aromatic N) is 1. The summed E-state index contributed by atoms with van der Waals surface area (Å²) in [6.07, 6.45) is 2.90. The second kappa shape index (κ2) is 5.83. The van der Waals surface area contributed by atoms with Gasteiger partial charge in [0.25, 0.3) is 5.91 Å². The van der Waals surface area contributed by atoms with Crippen LogP contribution in [0.5, 0.6) is 0 Å². The molecule has 2 N–H and O–H groups in total. The SMILES string of the molecule is C=COCCONC(=O)c1ccc2nc[nH]c2c1. The van der Waals surface area contributed by atoms with Crippen LogP contribution in [0.15, 0.2) is 37.4 Å². The number of imidazole rings is 1. The van der Waals surface area contributed by atoms with Crippen LogP contribution in [-0.2, 0) is 9.57 Å². The number of hydroxylamine groups is 1. The number of carbonyl (C=O) groups is 1. The van der Waals surface area contributed by atoms with Crippen molar-refractivity contribution >= 4 is 16.9 Å². The molecule has 0 saturated heterocycles. The van der Waals surface area contributed by atoms with Gasteiger partial charge in [0.05, 0.1) is 23.6 Å². The Kier molecular flexibility index (Phi) is 3.93. The van der Waals surface area contributed by atoms with Crippen LogP contribution in [0, 0.1) is 0 Å². The van der Waals surface area contributed by atoms with Gasteiger partial charge in [-0.3, -0.25) is 9.63 Å². The molecule has 1 heterocycles. The maximum Gasteiger partial charge on any atom is 0.274 e. The Bertz CT molecular complexity index is 550. The number of rotatable bonds is 6. The van der Waals surface area contributed by atoms with Gasteiger partial charge in [-0.25, -0.2) is 10.5 Å². The Morgan fingerprint density at radius 2 is 2.39 bits per heavy atom. The highest BCUT2D eigenvalue weighted by atomic mass is 16.7. The molecule has 94 valence electrons. The van der Waals surface area contributed by atoms with E-state index >= 15 is 0 Å². The quantitative estimate of drug-likeness (QED) is 0.459. The van der Waals surface area contributed by atoms with Gasteiger partial charge in [-0.05, 0) is 18.2 Å². The largest absolute Gasteiger partial charge is 0.499 e. The molecule has 1 aromatic heterocycles. The minimum atomic E-state index is -0.315. The fourth-order valence-corrected chi connectivity index (χ4v) is 1.43. The topological polar surface area (TPSA) is 76.2 Å². The Hall–Kier alpha value is -2.34. The Morgan fingerprint density at radius 3 is 3.22 bits per heavy atom. The van der Waals surface area contributed by atoms with Gasteiger partial charge in [0, 0.05) is 5.56 Å². The van der Waals surface area contributed by atoms with E-state index in [2.05, 4.69) is 22.0 Å². The van der Waals surface area contributed by atoms with E-state index in [0.717, 1.165) is 11.0 Å². The average Bonchev–Trinajstić information content (AvgIpc) is 2.85. The number of carbonyl (C=O) groups excluding carboxylic acids is 1. The first-order valence-corrected chi connectivity index (χ1v) is 5.39. The van der Waals surface area contributed by atoms with Gasteiger partial charge in [0.15, 0.2) is 0 Å². The number of benzene rings is 1. The van der Waals surface area contributed by atoms with Crippen molar-refractivity contribution in [2.75, 3.05) is 13.2 Å². The van der Waals surface area contributed by atoms with E-state index in [0.29, 0.717) is 12.2 Å². The van der Waals surface area contributed by atoms with Crippen molar-refractivity contribution in [3.8, 4) is 0 Å². The van der Waals surface area contributed by atoms with Crippen molar-refractivity contribution in [1.29, 1.82) is 0 Å². The van der Waals surface area contributed by atoms with Crippen molar-refractivity contribution in [2.24, 2.45) is 0 Å². The lowest BCUT2D eigenvalue weighted by Gasteiger charge is -2.05. The van der Waals surface area contributed by atoms with Crippen LogP contribution in [0.25, 0.3) is 11.0 Å². The molecule has 0 unspecified atom stereocenters. The monoisotopic (exact) mass is 247 g/mol. The first-order valence-electron chi connectivity index (χ1n) is 5.39. The molecule has 0 aliphatic rings. The molecule has 0 aliphatic heterocycles. The normalized spacial score (nSPS) is 10.2. The van der Waals surface area contributed by atoms with Crippen molar-refractivity contribution in [3.05, 3.63) is 42.9 Å². The Morgan fingerprint density at radius 1 is 1.50 bits per heavy atom. The van der Waals surface area contributed by atoms with Crippen LogP contribution >= 0.6 is 0 Å². The molecule has 0 radical (unpaired) electrons. The summed E-state index contributed by atoms with van der Waals surface area (Å²) in [4.78, 5) is 23.7. The van der Waals surface area contributed by atoms with Gasteiger partial charge in [0.2, 0.25) is 0 Å². The minimum absolute atomic E-state index is 0.254. The number of aromatic nitrogens is 2. The summed E-state index contributed by atoms with van der Waals surface area (Å²) in [5, 5.41) is 0. The summed E-state index contributed by atoms with van der Waals surface area (Å²) >= 11 is 0. The number of amides is 1. The lowest BCUT2D eigenvalue weighted by atomic mass is 10.2. The highest BCUT2D eigenvalue weighted by Crippen LogP contribution is 2.11. The highest BCUT2D eigenvalue weighted by molar-refractivity contribution is 5.96. The van der Waals surface area contributed by atoms with E-state index in [-0.39, 0.29) is 12.5 Å². The smallest absolute Gasteiger partial charge is 0.274 e. The molecule has 6 nitrogen and oxygen atoms in total. The summed E-state index contributed by atoms with van der Waals surface area (Å²) in [6.45, 7) is 3.98. The lowest BCUT2D eigenvalue weighted by molar-refractivity contribution is 0.0145. The van der Waals surface area contributed by atoms with E-state index in [9.17, 15) is 4.79 Å². The molecular weight excluding hydrogens is 234 g/mol. The van der Waals surface area contributed by atoms with Crippen molar-refractivity contribution in [2.45, 2.75) is 0 Å². The fourth-order valence-electron chi connectivity index (χ4n) is 1.43. The van der Waals surface area contributed by atoms with Crippen LogP contribution in [0.1, 0.15) is 10.4 Å². The van der Waals surface area contributed by atoms with Crippen molar-refractivity contribution in [3.63, 3.8) is 0 Å². The molecule has 0 aliphatic carbocycles. The average molecular weight is 247 g/mol. The van der Waals surface area contributed by atoms with Gasteiger partial charge >= 0.3 is 0 Å². The second-order valence-corrected chi connectivity index (χ2v) is 3.45. The number of aromatic amines is 1. The van der Waals surface area contributed by atoms with Crippen LogP contribution in [0.4, 0.5) is 0 Å². The predicted molar refractivity (Wildman–Crippen MR) is 65.7 cm³/mol. The van der Waals surface area contributed by atoms with E-state index in [1.54, 1.807) is 24.5 Å². The summed E-state index contributed by atoms with van der Waals surface area (Å²) in [7, 11) is 0. The zero-order valence-corrected chi connectivity index (χ0v) is 9.68. The predicted octanol–water partition coefficient (Wildman–Crippen LogP) is 1.38. The van der Waals surface area contributed by atoms with Crippen molar-refractivity contribution < 1.29 is 14.4 Å². The number of ether oxygens (including phenoxy) is 1. The summed E-state index contributed by atoms with van der Waals surface area (Å²) < 4.78 is 4.84. The van der Waals surface area contributed by atoms with Crippen molar-refractivity contribution in [1.82, 2.24) is 15.4 Å². The van der Waals surface area contributed by atoms with Crippen LogP contribution in [-0.4, -0.2) is 29.1 Å². The molecular formula is C12H13N3O3. The Labute approximate surface area is 104 Å². The molecule has 0 atom stereocenters. The molecule has 1 amide bonds. The molecule has 0 fully saturated rings. The molecule has 0 saturated carbocycles. The zero-order chi connectivity index (χ0) is 12.8. The third-order valence-electron chi connectivity index (χ3n) is 2.27. The number of hydrogen-bond acceptors (Lipinski definition) is 4.